The first kappa shape index (κ1) is 24.5. The molecule has 4 N–H and O–H groups in total. The van der Waals surface area contributed by atoms with Crippen LogP contribution in [-0.2, 0) is 6.18 Å². The molecule has 1 aliphatic rings. The van der Waals surface area contributed by atoms with Crippen LogP contribution in [0, 0.1) is 5.41 Å². The topological polar surface area (TPSA) is 133 Å². The zero-order valence-corrected chi connectivity index (χ0v) is 19.2. The number of aliphatic hydroxyl groups excluding tert-OH is 1. The minimum absolute atomic E-state index is 0.00659. The summed E-state index contributed by atoms with van der Waals surface area (Å²) >= 11 is 0. The maximum absolute atomic E-state index is 13.2. The highest BCUT2D eigenvalue weighted by Gasteiger charge is 2.39. The van der Waals surface area contributed by atoms with Crippen LogP contribution in [0.2, 0.25) is 0 Å². The average Bonchev–Trinajstić information content (AvgIpc) is 3.26. The number of nitrogens with zero attached hydrogens (tertiary/aromatic N) is 7. The Morgan fingerprint density at radius 2 is 2.03 bits per heavy atom. The molecule has 0 radical (unpaired) electrons. The fraction of sp³-hybridized carbons (Fsp3) is 0.409. The highest BCUT2D eigenvalue weighted by Crippen LogP contribution is 2.31. The molecule has 0 spiro atoms. The molecule has 0 amide bonds. The van der Waals surface area contributed by atoms with Crippen LogP contribution >= 0.6 is 0 Å². The van der Waals surface area contributed by atoms with Crippen molar-refractivity contribution in [2.75, 3.05) is 24.6 Å². The predicted octanol–water partition coefficient (Wildman–Crippen LogP) is 1.96. The normalized spacial score (nSPS) is 22.1. The van der Waals surface area contributed by atoms with Crippen LogP contribution in [0.25, 0.3) is 17.2 Å². The first-order valence-electron chi connectivity index (χ1n) is 11.0. The summed E-state index contributed by atoms with van der Waals surface area (Å²) in [7, 11) is 0. The number of alkyl halides is 3. The molecule has 4 heterocycles. The number of fused-ring (bicyclic) bond motifs is 1. The zero-order valence-electron chi connectivity index (χ0n) is 19.2. The van der Waals surface area contributed by atoms with E-state index in [0.717, 1.165) is 12.4 Å². The molecule has 186 valence electrons. The van der Waals surface area contributed by atoms with Crippen molar-refractivity contribution in [3.8, 4) is 11.5 Å². The van der Waals surface area contributed by atoms with E-state index in [1.807, 2.05) is 18.7 Å². The molecule has 35 heavy (non-hydrogen) atoms. The van der Waals surface area contributed by atoms with Gasteiger partial charge < -0.3 is 21.1 Å². The van der Waals surface area contributed by atoms with Crippen LogP contribution in [0.1, 0.15) is 19.5 Å². The monoisotopic (exact) mass is 489 g/mol. The second-order valence-corrected chi connectivity index (χ2v) is 8.34. The van der Waals surface area contributed by atoms with Crippen molar-refractivity contribution in [2.45, 2.75) is 38.1 Å². The van der Waals surface area contributed by atoms with Gasteiger partial charge in [0.1, 0.15) is 11.5 Å². The summed E-state index contributed by atoms with van der Waals surface area (Å²) in [6.45, 7) is 4.94. The molecular formula is C22H26F3N9O. The molecule has 3 aromatic heterocycles. The quantitative estimate of drug-likeness (QED) is 0.448. The third kappa shape index (κ3) is 4.56. The lowest BCUT2D eigenvalue weighted by Crippen LogP contribution is -2.64. The number of hydrogen-bond donors (Lipinski definition) is 3. The lowest BCUT2D eigenvalue weighted by atomic mass is 9.93. The Morgan fingerprint density at radius 1 is 1.26 bits per heavy atom. The summed E-state index contributed by atoms with van der Waals surface area (Å²) in [5.41, 5.74) is 5.91. The summed E-state index contributed by atoms with van der Waals surface area (Å²) in [4.78, 5) is 20.7. The highest BCUT2D eigenvalue weighted by atomic mass is 19.4. The van der Waals surface area contributed by atoms with Gasteiger partial charge in [0.05, 0.1) is 25.0 Å². The van der Waals surface area contributed by atoms with Crippen molar-refractivity contribution in [3.05, 3.63) is 48.3 Å². The Kier molecular flexibility index (Phi) is 6.72. The summed E-state index contributed by atoms with van der Waals surface area (Å²) in [5, 5.41) is 17.4. The maximum Gasteiger partial charge on any atom is 0.434 e. The van der Waals surface area contributed by atoms with Crippen molar-refractivity contribution in [3.63, 3.8) is 0 Å². The number of nitrogens with two attached hydrogens (primary N) is 1. The van der Waals surface area contributed by atoms with E-state index in [1.165, 1.54) is 23.0 Å². The molecule has 0 bridgehead atoms. The molecule has 1 saturated heterocycles. The molecule has 10 nitrogen and oxygen atoms in total. The largest absolute Gasteiger partial charge is 0.434 e. The van der Waals surface area contributed by atoms with Crippen LogP contribution in [0.3, 0.4) is 0 Å². The molecule has 0 aromatic carbocycles. The summed E-state index contributed by atoms with van der Waals surface area (Å²) in [5.74, 6) is 0.787. The molecule has 4 rings (SSSR count). The second kappa shape index (κ2) is 9.58. The van der Waals surface area contributed by atoms with E-state index >= 15 is 0 Å². The molecule has 3 aromatic rings. The molecule has 1 aliphatic heterocycles. The van der Waals surface area contributed by atoms with Gasteiger partial charge in [-0.3, -0.25) is 9.30 Å². The fourth-order valence-corrected chi connectivity index (χ4v) is 4.59. The molecule has 0 saturated carbocycles. The Labute approximate surface area is 199 Å². The van der Waals surface area contributed by atoms with E-state index in [9.17, 15) is 18.3 Å². The van der Waals surface area contributed by atoms with Gasteiger partial charge in [0.25, 0.3) is 0 Å². The summed E-state index contributed by atoms with van der Waals surface area (Å²) in [6, 6.07) is 1.27. The van der Waals surface area contributed by atoms with Crippen molar-refractivity contribution in [2.24, 2.45) is 5.73 Å². The highest BCUT2D eigenvalue weighted by molar-refractivity contribution is 5.78. The third-order valence-electron chi connectivity index (χ3n) is 6.24. The van der Waals surface area contributed by atoms with E-state index in [1.54, 1.807) is 12.3 Å². The van der Waals surface area contributed by atoms with Gasteiger partial charge in [0, 0.05) is 55.6 Å². The molecule has 3 unspecified atom stereocenters. The van der Waals surface area contributed by atoms with Crippen molar-refractivity contribution < 1.29 is 18.3 Å². The van der Waals surface area contributed by atoms with Crippen molar-refractivity contribution in [1.82, 2.24) is 29.2 Å². The predicted molar refractivity (Wildman–Crippen MR) is 124 cm³/mol. The van der Waals surface area contributed by atoms with Crippen LogP contribution in [0.5, 0.6) is 0 Å². The third-order valence-corrected chi connectivity index (χ3v) is 6.24. The van der Waals surface area contributed by atoms with Crippen molar-refractivity contribution in [1.29, 1.82) is 5.41 Å². The first-order chi connectivity index (χ1) is 16.7. The van der Waals surface area contributed by atoms with Gasteiger partial charge in [-0.25, -0.2) is 19.9 Å². The SMILES string of the molecule is CC1C(/C(C=N)=C/N)N(CCO)C(C)CN1c1ccnc(-c2cnc3cnc(C(F)(F)F)cn23)n1. The zero-order chi connectivity index (χ0) is 25.3. The molecule has 1 fully saturated rings. The van der Waals surface area contributed by atoms with Gasteiger partial charge in [-0.05, 0) is 19.9 Å². The van der Waals surface area contributed by atoms with Gasteiger partial charge in [-0.2, -0.15) is 13.2 Å². The standard InChI is InChI=1S/C22H26F3N9O/c1-13-11-33(14(2)20(15(7-26)8-27)32(13)5-6-35)18-3-4-28-21(31-18)16-9-30-19-10-29-17(12-34(16)19)22(23,24)25/h3-4,7-10,12-14,20,26,35H,5-6,11,27H2,1-2H3/b15-8+,26-7?. The molecule has 13 heteroatoms. The second-order valence-electron chi connectivity index (χ2n) is 8.34. The van der Waals surface area contributed by atoms with Gasteiger partial charge >= 0.3 is 6.18 Å². The van der Waals surface area contributed by atoms with Crippen LogP contribution in [-0.4, -0.2) is 78.4 Å². The number of piperazine rings is 1. The fourth-order valence-electron chi connectivity index (χ4n) is 4.59. The number of anilines is 1. The lowest BCUT2D eigenvalue weighted by molar-refractivity contribution is -0.141. The number of aromatic nitrogens is 5. The van der Waals surface area contributed by atoms with Crippen LogP contribution < -0.4 is 10.6 Å². The Morgan fingerprint density at radius 3 is 2.69 bits per heavy atom. The Balaban J connectivity index is 1.74. The Bertz CT molecular complexity index is 1240. The van der Waals surface area contributed by atoms with Gasteiger partial charge in [0.2, 0.25) is 0 Å². The molecule has 0 aliphatic carbocycles. The minimum atomic E-state index is -4.60. The maximum atomic E-state index is 13.2. The number of imidazole rings is 1. The number of hydrogen-bond acceptors (Lipinski definition) is 9. The number of halogens is 3. The number of rotatable bonds is 6. The van der Waals surface area contributed by atoms with E-state index < -0.39 is 11.9 Å². The molecule has 3 atom stereocenters. The van der Waals surface area contributed by atoms with E-state index in [2.05, 4.69) is 24.8 Å². The van der Waals surface area contributed by atoms with Crippen LogP contribution in [0.4, 0.5) is 19.0 Å². The molecular weight excluding hydrogens is 463 g/mol. The number of aliphatic hydroxyl groups is 1. The first-order valence-corrected chi connectivity index (χ1v) is 11.0. The minimum Gasteiger partial charge on any atom is -0.404 e. The average molecular weight is 490 g/mol. The van der Waals surface area contributed by atoms with Crippen molar-refractivity contribution >= 4 is 17.7 Å². The van der Waals surface area contributed by atoms with Gasteiger partial charge in [0.15, 0.2) is 17.2 Å². The number of β-amino-alcohol motifs (C(OH)–C–C–N with tert-alkyl or cyclic N) is 1. The Hall–Kier alpha value is -3.58. The lowest BCUT2D eigenvalue weighted by Gasteiger charge is -2.50. The summed E-state index contributed by atoms with van der Waals surface area (Å²) < 4.78 is 40.9. The van der Waals surface area contributed by atoms with E-state index in [0.29, 0.717) is 30.2 Å². The smallest absolute Gasteiger partial charge is 0.404 e. The number of nitrogens with one attached hydrogen (secondary N) is 1. The van der Waals surface area contributed by atoms with Gasteiger partial charge in [-0.1, -0.05) is 0 Å². The van der Waals surface area contributed by atoms with Crippen LogP contribution in [0.15, 0.2) is 42.6 Å². The van der Waals surface area contributed by atoms with E-state index in [4.69, 9.17) is 11.1 Å². The van der Waals surface area contributed by atoms with E-state index in [-0.39, 0.29) is 36.2 Å². The van der Waals surface area contributed by atoms with Gasteiger partial charge in [-0.15, -0.1) is 0 Å². The summed E-state index contributed by atoms with van der Waals surface area (Å²) in [6.07, 6.45) is 2.90.